The van der Waals surface area contributed by atoms with Crippen molar-refractivity contribution in [2.24, 2.45) is 0 Å². The Kier molecular flexibility index (Phi) is 4.47. The highest BCUT2D eigenvalue weighted by atomic mass is 16.6. The molecule has 0 aromatic heterocycles. The summed E-state index contributed by atoms with van der Waals surface area (Å²) in [7, 11) is 0. The fraction of sp³-hybridized carbons (Fsp3) is 0.778. The molecule has 1 heterocycles. The fourth-order valence-corrected chi connectivity index (χ4v) is 1.30. The molecular formula is C9H14O6. The van der Waals surface area contributed by atoms with Gasteiger partial charge in [0.1, 0.15) is 31.0 Å². The predicted octanol–water partition coefficient (Wildman–Crippen LogP) is -2.56. The lowest BCUT2D eigenvalue weighted by atomic mass is 9.99. The van der Waals surface area contributed by atoms with E-state index in [-0.39, 0.29) is 13.2 Å². The molecule has 5 atom stereocenters. The Balaban J connectivity index is 2.48. The Morgan fingerprint density at radius 1 is 1.13 bits per heavy atom. The van der Waals surface area contributed by atoms with Crippen LogP contribution in [0, 0.1) is 12.3 Å². The van der Waals surface area contributed by atoms with Crippen LogP contribution in [0.5, 0.6) is 0 Å². The van der Waals surface area contributed by atoms with E-state index in [9.17, 15) is 10.2 Å². The van der Waals surface area contributed by atoms with Gasteiger partial charge in [-0.1, -0.05) is 5.92 Å². The first-order valence-corrected chi connectivity index (χ1v) is 4.47. The monoisotopic (exact) mass is 218 g/mol. The van der Waals surface area contributed by atoms with Crippen molar-refractivity contribution in [1.82, 2.24) is 0 Å². The van der Waals surface area contributed by atoms with Gasteiger partial charge in [0.05, 0.1) is 6.61 Å². The Morgan fingerprint density at radius 2 is 1.80 bits per heavy atom. The first kappa shape index (κ1) is 12.4. The molecule has 0 radical (unpaired) electrons. The smallest absolute Gasteiger partial charge is 0.184 e. The maximum atomic E-state index is 9.45. The van der Waals surface area contributed by atoms with E-state index in [1.54, 1.807) is 0 Å². The van der Waals surface area contributed by atoms with Gasteiger partial charge < -0.3 is 29.9 Å². The zero-order valence-electron chi connectivity index (χ0n) is 7.98. The summed E-state index contributed by atoms with van der Waals surface area (Å²) >= 11 is 0. The third-order valence-corrected chi connectivity index (χ3v) is 2.15. The Labute approximate surface area is 87.1 Å². The average Bonchev–Trinajstić information content (AvgIpc) is 2.23. The first-order chi connectivity index (χ1) is 7.07. The number of rotatable bonds is 3. The van der Waals surface area contributed by atoms with Crippen molar-refractivity contribution in [3.05, 3.63) is 0 Å². The predicted molar refractivity (Wildman–Crippen MR) is 48.6 cm³/mol. The van der Waals surface area contributed by atoms with Gasteiger partial charge in [0.15, 0.2) is 6.29 Å². The molecule has 0 amide bonds. The number of aliphatic hydroxyl groups is 4. The molecule has 6 nitrogen and oxygen atoms in total. The van der Waals surface area contributed by atoms with Crippen LogP contribution in [0.15, 0.2) is 0 Å². The Morgan fingerprint density at radius 3 is 2.40 bits per heavy atom. The average molecular weight is 218 g/mol. The lowest BCUT2D eigenvalue weighted by Gasteiger charge is -2.38. The molecule has 4 unspecified atom stereocenters. The van der Waals surface area contributed by atoms with E-state index in [4.69, 9.17) is 26.1 Å². The van der Waals surface area contributed by atoms with E-state index in [1.807, 2.05) is 0 Å². The molecule has 86 valence electrons. The second-order valence-corrected chi connectivity index (χ2v) is 3.26. The van der Waals surface area contributed by atoms with Crippen LogP contribution in [0.25, 0.3) is 0 Å². The number of terminal acetylenes is 1. The van der Waals surface area contributed by atoms with E-state index in [2.05, 4.69) is 5.92 Å². The number of aliphatic hydroxyl groups excluding tert-OH is 4. The normalized spacial score (nSPS) is 41.1. The van der Waals surface area contributed by atoms with Crippen molar-refractivity contribution in [3.63, 3.8) is 0 Å². The van der Waals surface area contributed by atoms with E-state index in [1.165, 1.54) is 0 Å². The topological polar surface area (TPSA) is 99.4 Å². The van der Waals surface area contributed by atoms with Gasteiger partial charge in [0.25, 0.3) is 0 Å². The molecule has 0 aromatic carbocycles. The van der Waals surface area contributed by atoms with Gasteiger partial charge in [-0.15, -0.1) is 6.42 Å². The molecule has 1 saturated heterocycles. The van der Waals surface area contributed by atoms with E-state index in [0.29, 0.717) is 0 Å². The minimum Gasteiger partial charge on any atom is -0.387 e. The summed E-state index contributed by atoms with van der Waals surface area (Å²) in [6.45, 7) is -0.0203. The van der Waals surface area contributed by atoms with Crippen molar-refractivity contribution >= 4 is 0 Å². The van der Waals surface area contributed by atoms with Crippen LogP contribution in [0.4, 0.5) is 0 Å². The van der Waals surface area contributed by atoms with Gasteiger partial charge in [-0.25, -0.2) is 0 Å². The van der Waals surface area contributed by atoms with Crippen LogP contribution in [0.2, 0.25) is 0 Å². The summed E-state index contributed by atoms with van der Waals surface area (Å²) in [5.41, 5.74) is 0. The van der Waals surface area contributed by atoms with Crippen LogP contribution in [-0.2, 0) is 9.47 Å². The van der Waals surface area contributed by atoms with Gasteiger partial charge in [-0.05, 0) is 0 Å². The Bertz CT molecular complexity index is 237. The van der Waals surface area contributed by atoms with Crippen LogP contribution in [-0.4, -0.2) is 64.3 Å². The summed E-state index contributed by atoms with van der Waals surface area (Å²) in [4.78, 5) is 0. The number of hydrogen-bond donors (Lipinski definition) is 4. The van der Waals surface area contributed by atoms with E-state index < -0.39 is 30.7 Å². The maximum Gasteiger partial charge on any atom is 0.184 e. The number of ether oxygens (including phenoxy) is 2. The fourth-order valence-electron chi connectivity index (χ4n) is 1.30. The summed E-state index contributed by atoms with van der Waals surface area (Å²) in [6.07, 6.45) is -1.82. The zero-order valence-corrected chi connectivity index (χ0v) is 7.98. The molecule has 1 aliphatic rings. The highest BCUT2D eigenvalue weighted by molar-refractivity contribution is 4.89. The van der Waals surface area contributed by atoms with Crippen LogP contribution in [0.1, 0.15) is 0 Å². The molecule has 6 heteroatoms. The van der Waals surface area contributed by atoms with Crippen molar-refractivity contribution in [2.45, 2.75) is 30.7 Å². The van der Waals surface area contributed by atoms with Gasteiger partial charge >= 0.3 is 0 Å². The van der Waals surface area contributed by atoms with Gasteiger partial charge in [-0.3, -0.25) is 0 Å². The van der Waals surface area contributed by atoms with Gasteiger partial charge in [0.2, 0.25) is 0 Å². The molecule has 1 fully saturated rings. The molecule has 15 heavy (non-hydrogen) atoms. The molecule has 0 saturated carbocycles. The second kappa shape index (κ2) is 5.42. The molecule has 0 aliphatic carbocycles. The zero-order chi connectivity index (χ0) is 11.4. The largest absolute Gasteiger partial charge is 0.387 e. The molecular weight excluding hydrogens is 204 g/mol. The van der Waals surface area contributed by atoms with Crippen LogP contribution >= 0.6 is 0 Å². The summed E-state index contributed by atoms with van der Waals surface area (Å²) in [6, 6.07) is 0. The molecule has 1 aliphatic heterocycles. The highest BCUT2D eigenvalue weighted by Gasteiger charge is 2.42. The summed E-state index contributed by atoms with van der Waals surface area (Å²) in [5, 5.41) is 37.1. The van der Waals surface area contributed by atoms with Gasteiger partial charge in [0, 0.05) is 0 Å². The lowest BCUT2D eigenvalue weighted by Crippen LogP contribution is -2.58. The third kappa shape index (κ3) is 2.89. The second-order valence-electron chi connectivity index (χ2n) is 3.26. The molecule has 0 aromatic rings. The molecule has 1 rings (SSSR count). The van der Waals surface area contributed by atoms with Crippen LogP contribution < -0.4 is 0 Å². The van der Waals surface area contributed by atoms with E-state index >= 15 is 0 Å². The minimum atomic E-state index is -1.54. The summed E-state index contributed by atoms with van der Waals surface area (Å²) in [5.74, 6) is 2.22. The highest BCUT2D eigenvalue weighted by Crippen LogP contribution is 2.19. The number of hydrogen-bond acceptors (Lipinski definition) is 6. The first-order valence-electron chi connectivity index (χ1n) is 4.47. The summed E-state index contributed by atoms with van der Waals surface area (Å²) < 4.78 is 9.73. The maximum absolute atomic E-state index is 9.45. The lowest BCUT2D eigenvalue weighted by molar-refractivity contribution is -0.288. The SMILES string of the molecule is C#CCOCC1OC(O)C(O)C(O)[C@H]1O. The molecule has 0 spiro atoms. The third-order valence-electron chi connectivity index (χ3n) is 2.15. The van der Waals surface area contributed by atoms with E-state index in [0.717, 1.165) is 0 Å². The van der Waals surface area contributed by atoms with Crippen molar-refractivity contribution in [3.8, 4) is 12.3 Å². The van der Waals surface area contributed by atoms with Crippen LogP contribution in [0.3, 0.4) is 0 Å². The molecule has 4 N–H and O–H groups in total. The van der Waals surface area contributed by atoms with Gasteiger partial charge in [-0.2, -0.15) is 0 Å². The van der Waals surface area contributed by atoms with Crippen molar-refractivity contribution < 1.29 is 29.9 Å². The molecule has 0 bridgehead atoms. The Hall–Kier alpha value is -0.680. The quantitative estimate of drug-likeness (QED) is 0.307. The van der Waals surface area contributed by atoms with Crippen molar-refractivity contribution in [2.75, 3.05) is 13.2 Å². The minimum absolute atomic E-state index is 0.0430. The van der Waals surface area contributed by atoms with Crippen molar-refractivity contribution in [1.29, 1.82) is 0 Å². The standard InChI is InChI=1S/C9H14O6/c1-2-3-14-4-5-6(10)7(11)8(12)9(13)15-5/h1,5-13H,3-4H2/t5?,6-,7?,8?,9?/m0/s1.